The summed E-state index contributed by atoms with van der Waals surface area (Å²) in [5.41, 5.74) is -0.845. The first kappa shape index (κ1) is 15.0. The van der Waals surface area contributed by atoms with Gasteiger partial charge in [-0.15, -0.1) is 0 Å². The Morgan fingerprint density at radius 1 is 1.22 bits per heavy atom. The van der Waals surface area contributed by atoms with Crippen LogP contribution in [0.2, 0.25) is 5.02 Å². The topological polar surface area (TPSA) is 49.3 Å². The molecule has 1 amide bonds. The van der Waals surface area contributed by atoms with Crippen molar-refractivity contribution < 1.29 is 9.90 Å². The van der Waals surface area contributed by atoms with Gasteiger partial charge < -0.3 is 10.4 Å². The second kappa shape index (κ2) is 5.29. The van der Waals surface area contributed by atoms with Gasteiger partial charge in [-0.2, -0.15) is 0 Å². The monoisotopic (exact) mass is 269 g/mol. The molecule has 0 aliphatic heterocycles. The van der Waals surface area contributed by atoms with Gasteiger partial charge in [-0.1, -0.05) is 44.5 Å². The molecule has 3 nitrogen and oxygen atoms in total. The molecular weight excluding hydrogens is 250 g/mol. The van der Waals surface area contributed by atoms with Crippen LogP contribution in [-0.4, -0.2) is 17.6 Å². The third-order valence-electron chi connectivity index (χ3n) is 2.74. The van der Waals surface area contributed by atoms with E-state index in [0.29, 0.717) is 5.02 Å². The SMILES string of the molecule is CC(C)(C)C(=O)NCC(C)(O)c1ccc(Cl)cc1. The van der Waals surface area contributed by atoms with Crippen LogP contribution in [0.3, 0.4) is 0 Å². The zero-order valence-electron chi connectivity index (χ0n) is 11.2. The number of aliphatic hydroxyl groups is 1. The summed E-state index contributed by atoms with van der Waals surface area (Å²) < 4.78 is 0. The zero-order chi connectivity index (χ0) is 14.0. The molecule has 0 heterocycles. The first-order valence-electron chi connectivity index (χ1n) is 5.90. The first-order chi connectivity index (χ1) is 8.13. The summed E-state index contributed by atoms with van der Waals surface area (Å²) in [5, 5.41) is 13.7. The van der Waals surface area contributed by atoms with E-state index in [1.54, 1.807) is 31.2 Å². The Labute approximate surface area is 113 Å². The molecule has 18 heavy (non-hydrogen) atoms. The van der Waals surface area contributed by atoms with Crippen LogP contribution in [0.25, 0.3) is 0 Å². The van der Waals surface area contributed by atoms with Gasteiger partial charge in [-0.05, 0) is 24.6 Å². The number of hydrogen-bond acceptors (Lipinski definition) is 2. The molecule has 4 heteroatoms. The van der Waals surface area contributed by atoms with E-state index in [1.807, 2.05) is 20.8 Å². The smallest absolute Gasteiger partial charge is 0.225 e. The number of nitrogens with one attached hydrogen (secondary N) is 1. The fourth-order valence-electron chi connectivity index (χ4n) is 1.43. The minimum absolute atomic E-state index is 0.0864. The van der Waals surface area contributed by atoms with E-state index in [-0.39, 0.29) is 12.5 Å². The van der Waals surface area contributed by atoms with Crippen molar-refractivity contribution in [2.45, 2.75) is 33.3 Å². The number of carbonyl (C=O) groups excluding carboxylic acids is 1. The molecule has 0 saturated heterocycles. The van der Waals surface area contributed by atoms with Crippen LogP contribution in [0.5, 0.6) is 0 Å². The van der Waals surface area contributed by atoms with Gasteiger partial charge in [0, 0.05) is 10.4 Å². The van der Waals surface area contributed by atoms with Crippen molar-refractivity contribution >= 4 is 17.5 Å². The average Bonchev–Trinajstić information content (AvgIpc) is 2.25. The Morgan fingerprint density at radius 2 is 1.72 bits per heavy atom. The molecule has 0 saturated carbocycles. The third-order valence-corrected chi connectivity index (χ3v) is 2.99. The van der Waals surface area contributed by atoms with Crippen LogP contribution in [0.1, 0.15) is 33.3 Å². The molecule has 1 unspecified atom stereocenters. The Bertz CT molecular complexity index is 418. The summed E-state index contributed by atoms with van der Waals surface area (Å²) in [4.78, 5) is 11.8. The summed E-state index contributed by atoms with van der Waals surface area (Å²) in [5.74, 6) is -0.0864. The van der Waals surface area contributed by atoms with Gasteiger partial charge in [0.15, 0.2) is 0 Å². The molecule has 0 spiro atoms. The maximum absolute atomic E-state index is 11.8. The number of rotatable bonds is 3. The third kappa shape index (κ3) is 4.00. The molecule has 1 atom stereocenters. The van der Waals surface area contributed by atoms with E-state index in [1.165, 1.54) is 0 Å². The van der Waals surface area contributed by atoms with Crippen LogP contribution in [0, 0.1) is 5.41 Å². The van der Waals surface area contributed by atoms with Crippen molar-refractivity contribution in [2.24, 2.45) is 5.41 Å². The van der Waals surface area contributed by atoms with Crippen molar-refractivity contribution in [1.29, 1.82) is 0 Å². The van der Waals surface area contributed by atoms with Crippen molar-refractivity contribution in [3.63, 3.8) is 0 Å². The summed E-state index contributed by atoms with van der Waals surface area (Å²) in [7, 11) is 0. The van der Waals surface area contributed by atoms with Crippen molar-refractivity contribution in [3.8, 4) is 0 Å². The minimum atomic E-state index is -1.11. The van der Waals surface area contributed by atoms with Gasteiger partial charge in [0.25, 0.3) is 0 Å². The standard InChI is InChI=1S/C14H20ClNO2/c1-13(2,3)12(17)16-9-14(4,18)10-5-7-11(15)8-6-10/h5-8,18H,9H2,1-4H3,(H,16,17). The number of halogens is 1. The van der Waals surface area contributed by atoms with E-state index in [4.69, 9.17) is 11.6 Å². The lowest BCUT2D eigenvalue weighted by atomic mass is 9.93. The lowest BCUT2D eigenvalue weighted by Gasteiger charge is -2.26. The molecule has 0 radical (unpaired) electrons. The lowest BCUT2D eigenvalue weighted by Crippen LogP contribution is -2.43. The molecule has 0 aliphatic rings. The fourth-order valence-corrected chi connectivity index (χ4v) is 1.55. The normalized spacial score (nSPS) is 15.0. The van der Waals surface area contributed by atoms with Gasteiger partial charge in [0.1, 0.15) is 5.60 Å². The fraction of sp³-hybridized carbons (Fsp3) is 0.500. The highest BCUT2D eigenvalue weighted by Crippen LogP contribution is 2.22. The highest BCUT2D eigenvalue weighted by atomic mass is 35.5. The number of amides is 1. The van der Waals surface area contributed by atoms with Crippen LogP contribution in [0.15, 0.2) is 24.3 Å². The van der Waals surface area contributed by atoms with Crippen molar-refractivity contribution in [3.05, 3.63) is 34.9 Å². The van der Waals surface area contributed by atoms with Crippen molar-refractivity contribution in [2.75, 3.05) is 6.54 Å². The molecule has 100 valence electrons. The highest BCUT2D eigenvalue weighted by Gasteiger charge is 2.27. The number of carbonyl (C=O) groups is 1. The van der Waals surface area contributed by atoms with E-state index in [0.717, 1.165) is 5.56 Å². The average molecular weight is 270 g/mol. The van der Waals surface area contributed by atoms with Gasteiger partial charge in [-0.25, -0.2) is 0 Å². The predicted octanol–water partition coefficient (Wildman–Crippen LogP) is 2.71. The molecule has 0 aliphatic carbocycles. The van der Waals surface area contributed by atoms with Gasteiger partial charge in [-0.3, -0.25) is 4.79 Å². The molecule has 0 fully saturated rings. The molecule has 2 N–H and O–H groups in total. The summed E-state index contributed by atoms with van der Waals surface area (Å²) >= 11 is 5.80. The lowest BCUT2D eigenvalue weighted by molar-refractivity contribution is -0.129. The summed E-state index contributed by atoms with van der Waals surface area (Å²) in [6, 6.07) is 6.95. The van der Waals surface area contributed by atoms with Crippen LogP contribution in [-0.2, 0) is 10.4 Å². The first-order valence-corrected chi connectivity index (χ1v) is 6.27. The molecule has 1 rings (SSSR count). The largest absolute Gasteiger partial charge is 0.384 e. The Balaban J connectivity index is 2.71. The van der Waals surface area contributed by atoms with Crippen LogP contribution < -0.4 is 5.32 Å². The highest BCUT2D eigenvalue weighted by molar-refractivity contribution is 6.30. The second-order valence-electron chi connectivity index (χ2n) is 5.71. The van der Waals surface area contributed by atoms with Gasteiger partial charge >= 0.3 is 0 Å². The minimum Gasteiger partial charge on any atom is -0.384 e. The van der Waals surface area contributed by atoms with E-state index in [2.05, 4.69) is 5.32 Å². The quantitative estimate of drug-likeness (QED) is 0.886. The van der Waals surface area contributed by atoms with Crippen LogP contribution in [0.4, 0.5) is 0 Å². The van der Waals surface area contributed by atoms with Crippen LogP contribution >= 0.6 is 11.6 Å². The predicted molar refractivity (Wildman–Crippen MR) is 73.5 cm³/mol. The molecule has 0 aromatic heterocycles. The molecule has 1 aromatic carbocycles. The number of benzene rings is 1. The Morgan fingerprint density at radius 3 is 2.17 bits per heavy atom. The molecular formula is C14H20ClNO2. The molecule has 0 bridgehead atoms. The number of hydrogen-bond donors (Lipinski definition) is 2. The molecule has 1 aromatic rings. The van der Waals surface area contributed by atoms with Crippen molar-refractivity contribution in [1.82, 2.24) is 5.32 Å². The summed E-state index contributed by atoms with van der Waals surface area (Å²) in [6.45, 7) is 7.34. The maximum Gasteiger partial charge on any atom is 0.225 e. The van der Waals surface area contributed by atoms with E-state index >= 15 is 0 Å². The summed E-state index contributed by atoms with van der Waals surface area (Å²) in [6.07, 6.45) is 0. The Hall–Kier alpha value is -1.06. The van der Waals surface area contributed by atoms with E-state index < -0.39 is 11.0 Å². The zero-order valence-corrected chi connectivity index (χ0v) is 12.0. The van der Waals surface area contributed by atoms with Gasteiger partial charge in [0.2, 0.25) is 5.91 Å². The van der Waals surface area contributed by atoms with E-state index in [9.17, 15) is 9.90 Å². The van der Waals surface area contributed by atoms with Gasteiger partial charge in [0.05, 0.1) is 6.54 Å². The second-order valence-corrected chi connectivity index (χ2v) is 6.15. The Kier molecular flexibility index (Phi) is 4.41. The maximum atomic E-state index is 11.8.